The highest BCUT2D eigenvalue weighted by molar-refractivity contribution is 5.83. The Morgan fingerprint density at radius 2 is 1.47 bits per heavy atom. The van der Waals surface area contributed by atoms with Crippen LogP contribution < -0.4 is 5.43 Å². The first-order chi connectivity index (χ1) is 15.8. The van der Waals surface area contributed by atoms with Gasteiger partial charge in [-0.05, 0) is 41.5 Å². The van der Waals surface area contributed by atoms with E-state index in [9.17, 15) is 0 Å². The molecule has 0 atom stereocenters. The van der Waals surface area contributed by atoms with Crippen LogP contribution in [0, 0.1) is 5.92 Å². The fourth-order valence-electron chi connectivity index (χ4n) is 5.17. The highest BCUT2D eigenvalue weighted by Gasteiger charge is 2.29. The van der Waals surface area contributed by atoms with Crippen molar-refractivity contribution in [2.75, 3.05) is 13.1 Å². The van der Waals surface area contributed by atoms with Crippen molar-refractivity contribution in [1.29, 1.82) is 0 Å². The Bertz CT molecular complexity index is 1120. The first-order valence-electron chi connectivity index (χ1n) is 11.6. The summed E-state index contributed by atoms with van der Waals surface area (Å²) in [7, 11) is 0. The van der Waals surface area contributed by atoms with Crippen LogP contribution in [0.4, 0.5) is 0 Å². The summed E-state index contributed by atoms with van der Waals surface area (Å²) in [5.41, 5.74) is 9.96. The van der Waals surface area contributed by atoms with Gasteiger partial charge in [0.25, 0.3) is 0 Å². The third kappa shape index (κ3) is 4.49. The summed E-state index contributed by atoms with van der Waals surface area (Å²) < 4.78 is 0. The monoisotopic (exact) mass is 421 g/mol. The van der Waals surface area contributed by atoms with Gasteiger partial charge in [0.2, 0.25) is 0 Å². The smallest absolute Gasteiger partial charge is 0.0456 e. The first-order valence-corrected chi connectivity index (χ1v) is 11.6. The standard InChI is InChI=1S/C29H31N3/c1-22(20-26-21-30-28-15-9-8-14-27(26)28)31-32-18-16-25(17-19-32)29(23-10-4-2-5-11-23)24-12-6-3-7-13-24/h2-15,21,25,29-31H,1,16-20H2. The molecule has 0 spiro atoms. The summed E-state index contributed by atoms with van der Waals surface area (Å²) in [5.74, 6) is 1.09. The molecule has 3 nitrogen and oxygen atoms in total. The van der Waals surface area contributed by atoms with E-state index in [1.54, 1.807) is 0 Å². The molecule has 0 unspecified atom stereocenters. The molecule has 3 heteroatoms. The van der Waals surface area contributed by atoms with E-state index in [0.717, 1.165) is 25.2 Å². The number of aromatic nitrogens is 1. The number of H-pyrrole nitrogens is 1. The maximum absolute atomic E-state index is 4.31. The molecule has 2 N–H and O–H groups in total. The van der Waals surface area contributed by atoms with Gasteiger partial charge in [0, 0.05) is 48.2 Å². The van der Waals surface area contributed by atoms with Crippen LogP contribution in [0.25, 0.3) is 10.9 Å². The van der Waals surface area contributed by atoms with Crippen molar-refractivity contribution in [3.63, 3.8) is 0 Å². The van der Waals surface area contributed by atoms with Crippen molar-refractivity contribution in [1.82, 2.24) is 15.4 Å². The Morgan fingerprint density at radius 1 is 0.875 bits per heavy atom. The molecule has 32 heavy (non-hydrogen) atoms. The van der Waals surface area contributed by atoms with Crippen LogP contribution in [0.3, 0.4) is 0 Å². The molecule has 0 amide bonds. The maximum atomic E-state index is 4.31. The summed E-state index contributed by atoms with van der Waals surface area (Å²) >= 11 is 0. The molecule has 0 radical (unpaired) electrons. The van der Waals surface area contributed by atoms with Gasteiger partial charge in [0.15, 0.2) is 0 Å². The summed E-state index contributed by atoms with van der Waals surface area (Å²) in [6, 6.07) is 30.5. The number of para-hydroxylation sites is 1. The predicted octanol–water partition coefficient (Wildman–Crippen LogP) is 6.27. The Kier molecular flexibility index (Phi) is 6.09. The van der Waals surface area contributed by atoms with E-state index >= 15 is 0 Å². The Balaban J connectivity index is 1.22. The maximum Gasteiger partial charge on any atom is 0.0456 e. The van der Waals surface area contributed by atoms with Gasteiger partial charge in [-0.15, -0.1) is 0 Å². The molecule has 5 rings (SSSR count). The van der Waals surface area contributed by atoms with E-state index in [1.807, 2.05) is 0 Å². The van der Waals surface area contributed by atoms with Gasteiger partial charge in [0.1, 0.15) is 0 Å². The number of aromatic amines is 1. The summed E-state index contributed by atoms with van der Waals surface area (Å²) in [5, 5.41) is 3.63. The highest BCUT2D eigenvalue weighted by atomic mass is 15.5. The second-order valence-corrected chi connectivity index (χ2v) is 8.88. The zero-order valence-electron chi connectivity index (χ0n) is 18.5. The predicted molar refractivity (Wildman–Crippen MR) is 133 cm³/mol. The van der Waals surface area contributed by atoms with Gasteiger partial charge >= 0.3 is 0 Å². The van der Waals surface area contributed by atoms with Crippen molar-refractivity contribution in [3.8, 4) is 0 Å². The largest absolute Gasteiger partial charge is 0.361 e. The summed E-state index contributed by atoms with van der Waals surface area (Å²) in [6.07, 6.45) is 5.28. The van der Waals surface area contributed by atoms with Crippen LogP contribution in [0.5, 0.6) is 0 Å². The molecule has 0 bridgehead atoms. The van der Waals surface area contributed by atoms with E-state index in [4.69, 9.17) is 0 Å². The van der Waals surface area contributed by atoms with E-state index in [0.29, 0.717) is 11.8 Å². The quantitative estimate of drug-likeness (QED) is 0.368. The number of nitrogens with one attached hydrogen (secondary N) is 2. The van der Waals surface area contributed by atoms with Gasteiger partial charge in [-0.3, -0.25) is 0 Å². The second-order valence-electron chi connectivity index (χ2n) is 8.88. The van der Waals surface area contributed by atoms with Crippen LogP contribution in [0.1, 0.15) is 35.4 Å². The van der Waals surface area contributed by atoms with Crippen molar-refractivity contribution >= 4 is 10.9 Å². The Morgan fingerprint density at radius 3 is 2.12 bits per heavy atom. The number of hydrazine groups is 1. The SMILES string of the molecule is C=C(Cc1c[nH]c2ccccc12)NN1CCC(C(c2ccccc2)c2ccccc2)CC1. The molecular weight excluding hydrogens is 390 g/mol. The molecule has 1 fully saturated rings. The minimum atomic E-state index is 0.453. The van der Waals surface area contributed by atoms with Crippen LogP contribution in [-0.4, -0.2) is 23.1 Å². The van der Waals surface area contributed by atoms with Gasteiger partial charge in [-0.1, -0.05) is 85.4 Å². The van der Waals surface area contributed by atoms with E-state index in [-0.39, 0.29) is 0 Å². The molecule has 0 saturated carbocycles. The topological polar surface area (TPSA) is 31.1 Å². The Hall–Kier alpha value is -3.30. The first kappa shape index (κ1) is 20.6. The van der Waals surface area contributed by atoms with Crippen molar-refractivity contribution < 1.29 is 0 Å². The number of hydrogen-bond donors (Lipinski definition) is 2. The molecule has 4 aromatic rings. The molecule has 1 saturated heterocycles. The number of rotatable bonds is 7. The van der Waals surface area contributed by atoms with E-state index in [1.165, 1.54) is 40.4 Å². The minimum absolute atomic E-state index is 0.453. The number of nitrogens with zero attached hydrogens (tertiary/aromatic N) is 1. The van der Waals surface area contributed by atoms with Crippen LogP contribution in [-0.2, 0) is 6.42 Å². The third-order valence-corrected chi connectivity index (χ3v) is 6.72. The third-order valence-electron chi connectivity index (χ3n) is 6.72. The second kappa shape index (κ2) is 9.46. The number of allylic oxidation sites excluding steroid dienone is 1. The van der Waals surface area contributed by atoms with Crippen LogP contribution in [0.15, 0.2) is 103 Å². The zero-order valence-corrected chi connectivity index (χ0v) is 18.5. The lowest BCUT2D eigenvalue weighted by molar-refractivity contribution is 0.133. The molecule has 1 aliphatic rings. The minimum Gasteiger partial charge on any atom is -0.361 e. The average Bonchev–Trinajstić information content (AvgIpc) is 3.24. The van der Waals surface area contributed by atoms with Gasteiger partial charge in [-0.25, -0.2) is 5.01 Å². The van der Waals surface area contributed by atoms with Crippen molar-refractivity contribution in [3.05, 3.63) is 120 Å². The molecule has 1 aliphatic heterocycles. The molecule has 0 aliphatic carbocycles. The zero-order chi connectivity index (χ0) is 21.8. The normalized spacial score (nSPS) is 15.3. The fourth-order valence-corrected chi connectivity index (χ4v) is 5.17. The van der Waals surface area contributed by atoms with Crippen molar-refractivity contribution in [2.24, 2.45) is 5.92 Å². The van der Waals surface area contributed by atoms with E-state index < -0.39 is 0 Å². The molecule has 2 heterocycles. The highest BCUT2D eigenvalue weighted by Crippen LogP contribution is 2.37. The van der Waals surface area contributed by atoms with Crippen LogP contribution >= 0.6 is 0 Å². The number of fused-ring (bicyclic) bond motifs is 1. The number of piperidine rings is 1. The number of hydrogen-bond acceptors (Lipinski definition) is 2. The molecule has 3 aromatic carbocycles. The summed E-state index contributed by atoms with van der Waals surface area (Å²) in [4.78, 5) is 3.36. The lowest BCUT2D eigenvalue weighted by atomic mass is 9.76. The molecule has 162 valence electrons. The Labute approximate surface area is 190 Å². The van der Waals surface area contributed by atoms with Crippen molar-refractivity contribution in [2.45, 2.75) is 25.2 Å². The van der Waals surface area contributed by atoms with Crippen LogP contribution in [0.2, 0.25) is 0 Å². The van der Waals surface area contributed by atoms with E-state index in [2.05, 4.69) is 113 Å². The molecule has 1 aromatic heterocycles. The fraction of sp³-hybridized carbons (Fsp3) is 0.241. The average molecular weight is 422 g/mol. The lowest BCUT2D eigenvalue weighted by Crippen LogP contribution is -2.44. The van der Waals surface area contributed by atoms with Gasteiger partial charge < -0.3 is 10.4 Å². The molecular formula is C29H31N3. The van der Waals surface area contributed by atoms with Gasteiger partial charge in [0.05, 0.1) is 0 Å². The summed E-state index contributed by atoms with van der Waals surface area (Å²) in [6.45, 7) is 6.38. The number of benzene rings is 3. The lowest BCUT2D eigenvalue weighted by Gasteiger charge is -2.37. The van der Waals surface area contributed by atoms with Gasteiger partial charge in [-0.2, -0.15) is 0 Å².